The van der Waals surface area contributed by atoms with Crippen LogP contribution in [-0.2, 0) is 22.5 Å². The third kappa shape index (κ3) is 3.70. The first-order valence-corrected chi connectivity index (χ1v) is 11.2. The van der Waals surface area contributed by atoms with E-state index in [2.05, 4.69) is 17.2 Å². The first-order chi connectivity index (χ1) is 13.9. The van der Waals surface area contributed by atoms with Gasteiger partial charge in [-0.15, -0.1) is 11.3 Å². The maximum Gasteiger partial charge on any atom is 0.349 e. The second-order valence-electron chi connectivity index (χ2n) is 8.25. The highest BCUT2D eigenvalue weighted by atomic mass is 32.1. The smallest absolute Gasteiger partial charge is 0.349 e. The molecule has 0 radical (unpaired) electrons. The predicted molar refractivity (Wildman–Crippen MR) is 111 cm³/mol. The maximum atomic E-state index is 12.8. The Morgan fingerprint density at radius 1 is 1.28 bits per heavy atom. The number of aromatic nitrogens is 2. The quantitative estimate of drug-likeness (QED) is 0.773. The molecule has 0 saturated heterocycles. The van der Waals surface area contributed by atoms with E-state index in [1.54, 1.807) is 18.4 Å². The lowest BCUT2D eigenvalue weighted by Gasteiger charge is -2.30. The molecule has 0 aromatic carbocycles. The summed E-state index contributed by atoms with van der Waals surface area (Å²) in [6.45, 7) is 6.15. The number of nitrogens with zero attached hydrogens (tertiary/aromatic N) is 2. The van der Waals surface area contributed by atoms with Crippen LogP contribution in [0.2, 0.25) is 0 Å². The number of carbonyl (C=O) groups is 2. The Kier molecular flexibility index (Phi) is 5.46. The molecule has 2 aromatic heterocycles. The molecule has 1 saturated carbocycles. The van der Waals surface area contributed by atoms with Crippen molar-refractivity contribution in [3.63, 3.8) is 0 Å². The van der Waals surface area contributed by atoms with Crippen LogP contribution in [0, 0.1) is 12.8 Å². The van der Waals surface area contributed by atoms with Gasteiger partial charge in [0.25, 0.3) is 11.5 Å². The van der Waals surface area contributed by atoms with Crippen LogP contribution in [0.25, 0.3) is 10.2 Å². The molecule has 3 heterocycles. The van der Waals surface area contributed by atoms with Gasteiger partial charge in [-0.1, -0.05) is 19.8 Å². The standard InChI is InChI=1S/C21H27N3O4S/c1-11-7-4-5-8-14(11)22-18(25)13(3)28-21(27)17-12(2)16-19(29-17)23-15-9-6-10-24(15)20(16)26/h11,13-14H,4-10H2,1-3H3,(H,22,25)/t11-,13-,14+/m0/s1. The van der Waals surface area contributed by atoms with Gasteiger partial charge in [0.05, 0.1) is 5.39 Å². The van der Waals surface area contributed by atoms with Crippen LogP contribution in [-0.4, -0.2) is 33.6 Å². The second kappa shape index (κ2) is 7.89. The number of amides is 1. The summed E-state index contributed by atoms with van der Waals surface area (Å²) in [6.07, 6.45) is 5.17. The molecule has 8 heteroatoms. The van der Waals surface area contributed by atoms with Crippen LogP contribution in [0.3, 0.4) is 0 Å². The number of ether oxygens (including phenoxy) is 1. The van der Waals surface area contributed by atoms with Crippen molar-refractivity contribution in [1.29, 1.82) is 0 Å². The van der Waals surface area contributed by atoms with Crippen LogP contribution in [0.4, 0.5) is 0 Å². The fraction of sp³-hybridized carbons (Fsp3) is 0.619. The lowest BCUT2D eigenvalue weighted by Crippen LogP contribution is -2.45. The van der Waals surface area contributed by atoms with Gasteiger partial charge in [0.1, 0.15) is 15.5 Å². The molecular formula is C21H27N3O4S. The molecule has 0 bridgehead atoms. The molecule has 29 heavy (non-hydrogen) atoms. The Balaban J connectivity index is 1.50. The molecule has 2 aliphatic rings. The Hall–Kier alpha value is -2.22. The monoisotopic (exact) mass is 417 g/mol. The molecule has 1 N–H and O–H groups in total. The topological polar surface area (TPSA) is 90.3 Å². The zero-order valence-corrected chi connectivity index (χ0v) is 17.9. The Bertz CT molecular complexity index is 1030. The average Bonchev–Trinajstić information content (AvgIpc) is 3.28. The molecule has 156 valence electrons. The first kappa shape index (κ1) is 20.1. The largest absolute Gasteiger partial charge is 0.448 e. The highest BCUT2D eigenvalue weighted by Crippen LogP contribution is 2.29. The summed E-state index contributed by atoms with van der Waals surface area (Å²) >= 11 is 1.17. The lowest BCUT2D eigenvalue weighted by molar-refractivity contribution is -0.130. The third-order valence-corrected chi connectivity index (χ3v) is 7.35. The summed E-state index contributed by atoms with van der Waals surface area (Å²) < 4.78 is 7.14. The second-order valence-corrected chi connectivity index (χ2v) is 9.25. The Morgan fingerprint density at radius 2 is 2.03 bits per heavy atom. The zero-order valence-electron chi connectivity index (χ0n) is 17.1. The van der Waals surface area contributed by atoms with Crippen molar-refractivity contribution in [1.82, 2.24) is 14.9 Å². The predicted octanol–water partition coefficient (Wildman–Crippen LogP) is 2.95. The van der Waals surface area contributed by atoms with Gasteiger partial charge >= 0.3 is 5.97 Å². The number of hydrogen-bond acceptors (Lipinski definition) is 6. The fourth-order valence-electron chi connectivity index (χ4n) is 4.37. The molecule has 2 aromatic rings. The molecule has 4 rings (SSSR count). The van der Waals surface area contributed by atoms with Crippen molar-refractivity contribution in [3.8, 4) is 0 Å². The van der Waals surface area contributed by atoms with E-state index < -0.39 is 12.1 Å². The van der Waals surface area contributed by atoms with Crippen LogP contribution < -0.4 is 10.9 Å². The average molecular weight is 418 g/mol. The number of aryl methyl sites for hydroxylation is 2. The van der Waals surface area contributed by atoms with Crippen LogP contribution in [0.1, 0.15) is 67.0 Å². The van der Waals surface area contributed by atoms with Gasteiger partial charge in [0.15, 0.2) is 6.10 Å². The number of nitrogens with one attached hydrogen (secondary N) is 1. The fourth-order valence-corrected chi connectivity index (χ4v) is 5.44. The van der Waals surface area contributed by atoms with E-state index in [1.807, 2.05) is 0 Å². The number of fused-ring (bicyclic) bond motifs is 2. The van der Waals surface area contributed by atoms with E-state index in [1.165, 1.54) is 17.8 Å². The van der Waals surface area contributed by atoms with Crippen molar-refractivity contribution < 1.29 is 14.3 Å². The summed E-state index contributed by atoms with van der Waals surface area (Å²) in [4.78, 5) is 43.5. The summed E-state index contributed by atoms with van der Waals surface area (Å²) in [6, 6.07) is 0.134. The minimum Gasteiger partial charge on any atom is -0.448 e. The van der Waals surface area contributed by atoms with E-state index in [0.29, 0.717) is 33.1 Å². The SMILES string of the molecule is Cc1c(C(=O)O[C@@H](C)C(=O)N[C@@H]2CCCC[C@@H]2C)sc2nc3n(c(=O)c12)CCC3. The van der Waals surface area contributed by atoms with E-state index in [9.17, 15) is 14.4 Å². The van der Waals surface area contributed by atoms with Crippen molar-refractivity contribution in [2.24, 2.45) is 5.92 Å². The van der Waals surface area contributed by atoms with E-state index in [4.69, 9.17) is 4.74 Å². The van der Waals surface area contributed by atoms with Gasteiger partial charge in [-0.2, -0.15) is 0 Å². The summed E-state index contributed by atoms with van der Waals surface area (Å²) in [5.41, 5.74) is 0.496. The lowest BCUT2D eigenvalue weighted by atomic mass is 9.86. The molecule has 1 aliphatic heterocycles. The summed E-state index contributed by atoms with van der Waals surface area (Å²) in [5, 5.41) is 3.51. The normalized spacial score (nSPS) is 22.3. The minimum atomic E-state index is -0.889. The summed E-state index contributed by atoms with van der Waals surface area (Å²) in [5.74, 6) is 0.363. The molecule has 7 nitrogen and oxygen atoms in total. The van der Waals surface area contributed by atoms with Crippen LogP contribution >= 0.6 is 11.3 Å². The first-order valence-electron chi connectivity index (χ1n) is 10.4. The van der Waals surface area contributed by atoms with Crippen molar-refractivity contribution in [3.05, 3.63) is 26.6 Å². The molecule has 0 unspecified atom stereocenters. The molecular weight excluding hydrogens is 390 g/mol. The van der Waals surface area contributed by atoms with Crippen molar-refractivity contribution in [2.75, 3.05) is 0 Å². The van der Waals surface area contributed by atoms with Crippen LogP contribution in [0.5, 0.6) is 0 Å². The molecule has 1 fully saturated rings. The zero-order chi connectivity index (χ0) is 20.7. The third-order valence-electron chi connectivity index (χ3n) is 6.19. The maximum absolute atomic E-state index is 12.8. The molecule has 0 spiro atoms. The number of carbonyl (C=O) groups excluding carboxylic acids is 2. The van der Waals surface area contributed by atoms with Gasteiger partial charge in [-0.25, -0.2) is 9.78 Å². The van der Waals surface area contributed by atoms with Gasteiger partial charge < -0.3 is 10.1 Å². The number of esters is 1. The van der Waals surface area contributed by atoms with Crippen molar-refractivity contribution in [2.45, 2.75) is 78.0 Å². The van der Waals surface area contributed by atoms with E-state index in [-0.39, 0.29) is 17.5 Å². The number of thiophene rings is 1. The van der Waals surface area contributed by atoms with Gasteiger partial charge in [0, 0.05) is 19.0 Å². The molecule has 1 amide bonds. The van der Waals surface area contributed by atoms with E-state index >= 15 is 0 Å². The number of rotatable bonds is 4. The van der Waals surface area contributed by atoms with Gasteiger partial charge in [0.2, 0.25) is 0 Å². The van der Waals surface area contributed by atoms with Crippen LogP contribution in [0.15, 0.2) is 4.79 Å². The highest BCUT2D eigenvalue weighted by molar-refractivity contribution is 7.20. The molecule has 1 aliphatic carbocycles. The van der Waals surface area contributed by atoms with Crippen molar-refractivity contribution >= 4 is 33.4 Å². The molecule has 3 atom stereocenters. The van der Waals surface area contributed by atoms with Gasteiger partial charge in [-0.3, -0.25) is 14.2 Å². The minimum absolute atomic E-state index is 0.0904. The summed E-state index contributed by atoms with van der Waals surface area (Å²) in [7, 11) is 0. The van der Waals surface area contributed by atoms with E-state index in [0.717, 1.165) is 37.9 Å². The Labute approximate surface area is 173 Å². The highest BCUT2D eigenvalue weighted by Gasteiger charge is 2.29. The van der Waals surface area contributed by atoms with Gasteiger partial charge in [-0.05, 0) is 44.6 Å². The Morgan fingerprint density at radius 3 is 2.79 bits per heavy atom. The number of hydrogen-bond donors (Lipinski definition) is 1.